The van der Waals surface area contributed by atoms with E-state index in [9.17, 15) is 0 Å². The number of guanidine groups is 2. The van der Waals surface area contributed by atoms with Gasteiger partial charge in [0, 0.05) is 24.5 Å². The molecule has 4 N–H and O–H groups in total. The molecule has 0 amide bonds. The summed E-state index contributed by atoms with van der Waals surface area (Å²) in [5.74, 6) is 1.79. The topological polar surface area (TPSA) is 72.8 Å². The predicted octanol–water partition coefficient (Wildman–Crippen LogP) is 3.30. The largest absolute Gasteiger partial charge is 0.354 e. The van der Waals surface area contributed by atoms with E-state index in [0.29, 0.717) is 0 Å². The average molecular weight is 391 g/mol. The minimum absolute atomic E-state index is 0.869. The number of benzene rings is 2. The van der Waals surface area contributed by atoms with Crippen LogP contribution in [0, 0.1) is 6.92 Å². The Kier molecular flexibility index (Phi) is 6.29. The molecule has 0 bridgehead atoms. The fourth-order valence-electron chi connectivity index (χ4n) is 3.68. The van der Waals surface area contributed by atoms with Gasteiger partial charge in [-0.15, -0.1) is 0 Å². The molecule has 0 fully saturated rings. The first kappa shape index (κ1) is 19.3. The van der Waals surface area contributed by atoms with E-state index in [2.05, 4.69) is 80.6 Å². The Morgan fingerprint density at radius 1 is 0.724 bits per heavy atom. The molecule has 29 heavy (non-hydrogen) atoms. The second-order valence-electron chi connectivity index (χ2n) is 7.62. The smallest absolute Gasteiger partial charge is 0.195 e. The molecule has 2 heterocycles. The molecule has 0 radical (unpaired) electrons. The molecule has 0 spiro atoms. The molecule has 2 aliphatic heterocycles. The molecule has 2 aromatic carbocycles. The van der Waals surface area contributed by atoms with E-state index in [1.165, 1.54) is 42.4 Å². The molecule has 0 saturated carbocycles. The van der Waals surface area contributed by atoms with Crippen LogP contribution in [0.2, 0.25) is 0 Å². The maximum absolute atomic E-state index is 4.34. The first-order valence-corrected chi connectivity index (χ1v) is 10.6. The number of fused-ring (bicyclic) bond motifs is 1. The van der Waals surface area contributed by atoms with Crippen LogP contribution in [0.15, 0.2) is 52.4 Å². The predicted molar refractivity (Wildman–Crippen MR) is 122 cm³/mol. The lowest BCUT2D eigenvalue weighted by Crippen LogP contribution is -2.26. The highest BCUT2D eigenvalue weighted by Crippen LogP contribution is 2.24. The van der Waals surface area contributed by atoms with E-state index >= 15 is 0 Å². The second kappa shape index (κ2) is 9.45. The third-order valence-corrected chi connectivity index (χ3v) is 5.27. The standard InChI is InChI=1S/C13H17N3.C10H13N3/c1-2-4-11-9-12(6-5-10(11)3-1)16-13-14-7-8-15-13;1-8-2-4-9(5-3-8)13-10-11-6-7-12-10/h5-6,9H,1-4,7-8H2,(H2,14,15,16);2-5H,6-7H2,1H3,(H2,11,12,13). The molecule has 0 atom stereocenters. The van der Waals surface area contributed by atoms with Crippen LogP contribution in [0.4, 0.5) is 11.4 Å². The van der Waals surface area contributed by atoms with Gasteiger partial charge in [0.1, 0.15) is 0 Å². The van der Waals surface area contributed by atoms with Gasteiger partial charge in [0.15, 0.2) is 11.9 Å². The van der Waals surface area contributed by atoms with Crippen LogP contribution in [0.5, 0.6) is 0 Å². The maximum Gasteiger partial charge on any atom is 0.195 e. The summed E-state index contributed by atoms with van der Waals surface area (Å²) < 4.78 is 0. The molecule has 0 unspecified atom stereocenters. The van der Waals surface area contributed by atoms with E-state index in [1.54, 1.807) is 0 Å². The normalized spacial score (nSPS) is 17.0. The summed E-state index contributed by atoms with van der Waals surface area (Å²) in [5, 5.41) is 12.9. The molecule has 2 aromatic rings. The van der Waals surface area contributed by atoms with Gasteiger partial charge < -0.3 is 21.3 Å². The average Bonchev–Trinajstić information content (AvgIpc) is 3.45. The summed E-state index contributed by atoms with van der Waals surface area (Å²) in [5.41, 5.74) is 6.55. The van der Waals surface area contributed by atoms with Crippen LogP contribution >= 0.6 is 0 Å². The van der Waals surface area contributed by atoms with Crippen molar-refractivity contribution in [1.29, 1.82) is 0 Å². The summed E-state index contributed by atoms with van der Waals surface area (Å²) in [6.45, 7) is 5.72. The monoisotopic (exact) mass is 390 g/mol. The second-order valence-corrected chi connectivity index (χ2v) is 7.62. The zero-order valence-corrected chi connectivity index (χ0v) is 17.1. The van der Waals surface area contributed by atoms with Gasteiger partial charge in [-0.2, -0.15) is 0 Å². The van der Waals surface area contributed by atoms with Crippen molar-refractivity contribution in [1.82, 2.24) is 10.6 Å². The van der Waals surface area contributed by atoms with Crippen molar-refractivity contribution in [2.75, 3.05) is 36.8 Å². The van der Waals surface area contributed by atoms with Crippen LogP contribution in [0.1, 0.15) is 29.5 Å². The number of hydrogen-bond donors (Lipinski definition) is 4. The zero-order chi connectivity index (χ0) is 19.9. The minimum Gasteiger partial charge on any atom is -0.354 e. The molecule has 6 nitrogen and oxygen atoms in total. The molecule has 5 rings (SSSR count). The number of hydrogen-bond acceptors (Lipinski definition) is 6. The quantitative estimate of drug-likeness (QED) is 0.635. The Bertz CT molecular complexity index is 885. The van der Waals surface area contributed by atoms with E-state index < -0.39 is 0 Å². The Morgan fingerprint density at radius 3 is 1.93 bits per heavy atom. The van der Waals surface area contributed by atoms with Crippen molar-refractivity contribution < 1.29 is 0 Å². The first-order valence-electron chi connectivity index (χ1n) is 10.6. The Balaban J connectivity index is 0.000000145. The lowest BCUT2D eigenvalue weighted by molar-refractivity contribution is 0.686. The van der Waals surface area contributed by atoms with Gasteiger partial charge in [-0.25, -0.2) is 0 Å². The van der Waals surface area contributed by atoms with E-state index in [4.69, 9.17) is 0 Å². The van der Waals surface area contributed by atoms with Crippen LogP contribution in [-0.4, -0.2) is 38.1 Å². The number of rotatable bonds is 2. The maximum atomic E-state index is 4.34. The number of anilines is 2. The highest BCUT2D eigenvalue weighted by molar-refractivity contribution is 5.95. The molecular formula is C23H30N6. The van der Waals surface area contributed by atoms with Gasteiger partial charge in [-0.3, -0.25) is 9.98 Å². The van der Waals surface area contributed by atoms with Gasteiger partial charge in [-0.05, 0) is 68.0 Å². The molecule has 3 aliphatic rings. The van der Waals surface area contributed by atoms with E-state index in [1.807, 2.05) is 0 Å². The summed E-state index contributed by atoms with van der Waals surface area (Å²) >= 11 is 0. The van der Waals surface area contributed by atoms with Gasteiger partial charge >= 0.3 is 0 Å². The highest BCUT2D eigenvalue weighted by Gasteiger charge is 2.11. The fraction of sp³-hybridized carbons (Fsp3) is 0.391. The van der Waals surface area contributed by atoms with Crippen molar-refractivity contribution in [3.8, 4) is 0 Å². The van der Waals surface area contributed by atoms with Crippen molar-refractivity contribution in [3.05, 3.63) is 59.2 Å². The summed E-state index contributed by atoms with van der Waals surface area (Å²) in [6.07, 6.45) is 5.14. The number of nitrogens with one attached hydrogen (secondary N) is 4. The van der Waals surface area contributed by atoms with Crippen LogP contribution < -0.4 is 21.3 Å². The van der Waals surface area contributed by atoms with Crippen molar-refractivity contribution >= 4 is 23.3 Å². The minimum atomic E-state index is 0.869. The summed E-state index contributed by atoms with van der Waals surface area (Å²) in [4.78, 5) is 8.59. The third kappa shape index (κ3) is 5.50. The zero-order valence-electron chi connectivity index (χ0n) is 17.1. The summed E-state index contributed by atoms with van der Waals surface area (Å²) in [6, 6.07) is 15.0. The number of aryl methyl sites for hydroxylation is 3. The van der Waals surface area contributed by atoms with Crippen molar-refractivity contribution in [3.63, 3.8) is 0 Å². The van der Waals surface area contributed by atoms with Gasteiger partial charge in [0.05, 0.1) is 13.1 Å². The van der Waals surface area contributed by atoms with Crippen LogP contribution in [-0.2, 0) is 12.8 Å². The van der Waals surface area contributed by atoms with Gasteiger partial charge in [0.25, 0.3) is 0 Å². The molecule has 0 aromatic heterocycles. The Labute approximate surface area is 172 Å². The van der Waals surface area contributed by atoms with Crippen LogP contribution in [0.3, 0.4) is 0 Å². The molecule has 0 saturated heterocycles. The van der Waals surface area contributed by atoms with E-state index in [0.717, 1.165) is 49.5 Å². The fourth-order valence-corrected chi connectivity index (χ4v) is 3.68. The highest BCUT2D eigenvalue weighted by atomic mass is 15.2. The van der Waals surface area contributed by atoms with Gasteiger partial charge in [-0.1, -0.05) is 23.8 Å². The third-order valence-electron chi connectivity index (χ3n) is 5.27. The van der Waals surface area contributed by atoms with Crippen molar-refractivity contribution in [2.45, 2.75) is 32.6 Å². The molecular weight excluding hydrogens is 360 g/mol. The lowest BCUT2D eigenvalue weighted by atomic mass is 9.91. The first-order chi connectivity index (χ1) is 14.3. The molecule has 1 aliphatic carbocycles. The Hall–Kier alpha value is -3.02. The Morgan fingerprint density at radius 2 is 1.31 bits per heavy atom. The SMILES string of the molecule is Cc1ccc(NC2=NCCN2)cc1.c1cc2c(cc1NC1=NCCN1)CCCC2. The van der Waals surface area contributed by atoms with Crippen molar-refractivity contribution in [2.24, 2.45) is 9.98 Å². The number of nitrogens with zero attached hydrogens (tertiary/aromatic N) is 2. The van der Waals surface area contributed by atoms with Crippen LogP contribution in [0.25, 0.3) is 0 Å². The molecule has 6 heteroatoms. The van der Waals surface area contributed by atoms with E-state index in [-0.39, 0.29) is 0 Å². The number of aliphatic imine (C=N–C) groups is 2. The van der Waals surface area contributed by atoms with Gasteiger partial charge in [0.2, 0.25) is 0 Å². The molecule has 152 valence electrons. The summed E-state index contributed by atoms with van der Waals surface area (Å²) in [7, 11) is 0. The lowest BCUT2D eigenvalue weighted by Gasteiger charge is -2.17.